The lowest BCUT2D eigenvalue weighted by atomic mass is 10.0. The zero-order valence-corrected chi connectivity index (χ0v) is 10.5. The third-order valence-electron chi connectivity index (χ3n) is 3.03. The van der Waals surface area contributed by atoms with E-state index in [0.717, 1.165) is 18.4 Å². The van der Waals surface area contributed by atoms with Crippen LogP contribution in [-0.2, 0) is 6.42 Å². The van der Waals surface area contributed by atoms with Gasteiger partial charge in [0.2, 0.25) is 0 Å². The van der Waals surface area contributed by atoms with Crippen LogP contribution >= 0.6 is 0 Å². The molecule has 2 aromatic rings. The number of hydrogen-bond donors (Lipinski definition) is 2. The van der Waals surface area contributed by atoms with Crippen molar-refractivity contribution in [2.75, 3.05) is 0 Å². The van der Waals surface area contributed by atoms with Crippen LogP contribution in [0.15, 0.2) is 43.0 Å². The number of hydrazine groups is 1. The van der Waals surface area contributed by atoms with Crippen molar-refractivity contribution in [2.24, 2.45) is 5.84 Å². The minimum Gasteiger partial charge on any atom is -0.271 e. The number of nitrogens with zero attached hydrogens (tertiary/aromatic N) is 2. The third kappa shape index (κ3) is 3.35. The van der Waals surface area contributed by atoms with Gasteiger partial charge >= 0.3 is 0 Å². The molecular weight excluding hydrogens is 224 g/mol. The second-order valence-electron chi connectivity index (χ2n) is 4.42. The van der Waals surface area contributed by atoms with Gasteiger partial charge in [-0.15, -0.1) is 0 Å². The van der Waals surface area contributed by atoms with Gasteiger partial charge in [0.25, 0.3) is 0 Å². The number of aryl methyl sites for hydroxylation is 2. The summed E-state index contributed by atoms with van der Waals surface area (Å²) in [5, 5.41) is 0. The van der Waals surface area contributed by atoms with Gasteiger partial charge in [0.05, 0.1) is 0 Å². The SMILES string of the molecule is Cc1ccc(CCC(NN)c2cncnc2)cc1. The topological polar surface area (TPSA) is 63.8 Å². The van der Waals surface area contributed by atoms with E-state index in [2.05, 4.69) is 46.6 Å². The molecule has 0 bridgehead atoms. The highest BCUT2D eigenvalue weighted by atomic mass is 15.2. The molecule has 1 aromatic heterocycles. The molecule has 0 aliphatic carbocycles. The molecule has 0 aliphatic rings. The average Bonchev–Trinajstić information content (AvgIpc) is 2.43. The third-order valence-corrected chi connectivity index (χ3v) is 3.03. The minimum absolute atomic E-state index is 0.0903. The smallest absolute Gasteiger partial charge is 0.115 e. The summed E-state index contributed by atoms with van der Waals surface area (Å²) < 4.78 is 0. The van der Waals surface area contributed by atoms with Crippen LogP contribution in [0.2, 0.25) is 0 Å². The summed E-state index contributed by atoms with van der Waals surface area (Å²) in [5.41, 5.74) is 6.44. The van der Waals surface area contributed by atoms with E-state index in [1.165, 1.54) is 17.5 Å². The van der Waals surface area contributed by atoms with Crippen molar-refractivity contribution in [3.63, 3.8) is 0 Å². The number of hydrogen-bond acceptors (Lipinski definition) is 4. The minimum atomic E-state index is 0.0903. The maximum Gasteiger partial charge on any atom is 0.115 e. The fourth-order valence-corrected chi connectivity index (χ4v) is 1.90. The van der Waals surface area contributed by atoms with Crippen molar-refractivity contribution >= 4 is 0 Å². The fraction of sp³-hybridized carbons (Fsp3) is 0.286. The Balaban J connectivity index is 1.97. The van der Waals surface area contributed by atoms with E-state index in [4.69, 9.17) is 5.84 Å². The largest absolute Gasteiger partial charge is 0.271 e. The molecule has 1 aromatic carbocycles. The molecule has 4 heteroatoms. The predicted molar refractivity (Wildman–Crippen MR) is 71.6 cm³/mol. The van der Waals surface area contributed by atoms with E-state index in [1.54, 1.807) is 12.4 Å². The molecule has 2 rings (SSSR count). The van der Waals surface area contributed by atoms with Crippen LogP contribution in [-0.4, -0.2) is 9.97 Å². The summed E-state index contributed by atoms with van der Waals surface area (Å²) in [6.45, 7) is 2.09. The Morgan fingerprint density at radius 2 is 1.83 bits per heavy atom. The quantitative estimate of drug-likeness (QED) is 0.621. The Bertz CT molecular complexity index is 467. The van der Waals surface area contributed by atoms with E-state index in [-0.39, 0.29) is 6.04 Å². The Hall–Kier alpha value is -1.78. The molecule has 0 amide bonds. The standard InChI is InChI=1S/C14H18N4/c1-11-2-4-12(5-3-11)6-7-14(18-15)13-8-16-10-17-9-13/h2-5,8-10,14,18H,6-7,15H2,1H3. The van der Waals surface area contributed by atoms with Crippen LogP contribution in [0.3, 0.4) is 0 Å². The van der Waals surface area contributed by atoms with Gasteiger partial charge in [0.1, 0.15) is 6.33 Å². The van der Waals surface area contributed by atoms with Crippen LogP contribution in [0.25, 0.3) is 0 Å². The molecule has 94 valence electrons. The van der Waals surface area contributed by atoms with Crippen molar-refractivity contribution in [1.82, 2.24) is 15.4 Å². The predicted octanol–water partition coefficient (Wildman–Crippen LogP) is 1.92. The number of benzene rings is 1. The maximum absolute atomic E-state index is 5.59. The first kappa shape index (κ1) is 12.7. The summed E-state index contributed by atoms with van der Waals surface area (Å²) in [4.78, 5) is 8.03. The molecule has 0 saturated heterocycles. The van der Waals surface area contributed by atoms with Crippen molar-refractivity contribution in [2.45, 2.75) is 25.8 Å². The van der Waals surface area contributed by atoms with Gasteiger partial charge in [-0.1, -0.05) is 29.8 Å². The number of rotatable bonds is 5. The Morgan fingerprint density at radius 3 is 2.44 bits per heavy atom. The summed E-state index contributed by atoms with van der Waals surface area (Å²) in [6.07, 6.45) is 7.02. The Kier molecular flexibility index (Phi) is 4.39. The molecule has 1 atom stereocenters. The highest BCUT2D eigenvalue weighted by Crippen LogP contribution is 2.17. The summed E-state index contributed by atoms with van der Waals surface area (Å²) in [5.74, 6) is 5.59. The van der Waals surface area contributed by atoms with Crippen molar-refractivity contribution in [1.29, 1.82) is 0 Å². The molecule has 1 unspecified atom stereocenters. The van der Waals surface area contributed by atoms with Crippen LogP contribution in [0.1, 0.15) is 29.2 Å². The lowest BCUT2D eigenvalue weighted by Crippen LogP contribution is -2.28. The van der Waals surface area contributed by atoms with Crippen molar-refractivity contribution < 1.29 is 0 Å². The van der Waals surface area contributed by atoms with Gasteiger partial charge in [-0.05, 0) is 25.3 Å². The molecule has 0 fully saturated rings. The van der Waals surface area contributed by atoms with Crippen molar-refractivity contribution in [3.8, 4) is 0 Å². The summed E-state index contributed by atoms with van der Waals surface area (Å²) in [7, 11) is 0. The number of nitrogens with one attached hydrogen (secondary N) is 1. The van der Waals surface area contributed by atoms with Gasteiger partial charge in [0.15, 0.2) is 0 Å². The summed E-state index contributed by atoms with van der Waals surface area (Å²) >= 11 is 0. The Labute approximate surface area is 107 Å². The van der Waals surface area contributed by atoms with Gasteiger partial charge in [-0.25, -0.2) is 9.97 Å². The molecule has 0 aliphatic heterocycles. The second-order valence-corrected chi connectivity index (χ2v) is 4.42. The van der Waals surface area contributed by atoms with Gasteiger partial charge in [0, 0.05) is 24.0 Å². The maximum atomic E-state index is 5.59. The molecule has 0 saturated carbocycles. The summed E-state index contributed by atoms with van der Waals surface area (Å²) in [6, 6.07) is 8.67. The lowest BCUT2D eigenvalue weighted by molar-refractivity contribution is 0.513. The van der Waals surface area contributed by atoms with Crippen LogP contribution in [0.5, 0.6) is 0 Å². The van der Waals surface area contributed by atoms with E-state index in [1.807, 2.05) is 0 Å². The fourth-order valence-electron chi connectivity index (χ4n) is 1.90. The normalized spacial score (nSPS) is 12.3. The molecule has 3 N–H and O–H groups in total. The van der Waals surface area contributed by atoms with E-state index >= 15 is 0 Å². The highest BCUT2D eigenvalue weighted by Gasteiger charge is 2.09. The molecule has 18 heavy (non-hydrogen) atoms. The molecule has 0 spiro atoms. The van der Waals surface area contributed by atoms with Crippen molar-refractivity contribution in [3.05, 3.63) is 59.7 Å². The monoisotopic (exact) mass is 242 g/mol. The highest BCUT2D eigenvalue weighted by molar-refractivity contribution is 5.22. The van der Waals surface area contributed by atoms with Crippen LogP contribution < -0.4 is 11.3 Å². The number of aromatic nitrogens is 2. The molecule has 0 radical (unpaired) electrons. The average molecular weight is 242 g/mol. The lowest BCUT2D eigenvalue weighted by Gasteiger charge is -2.15. The van der Waals surface area contributed by atoms with Gasteiger partial charge in [-0.2, -0.15) is 0 Å². The number of nitrogens with two attached hydrogens (primary N) is 1. The zero-order chi connectivity index (χ0) is 12.8. The first-order valence-corrected chi connectivity index (χ1v) is 6.06. The first-order chi connectivity index (χ1) is 8.79. The van der Waals surface area contributed by atoms with Crippen LogP contribution in [0.4, 0.5) is 0 Å². The second kappa shape index (κ2) is 6.23. The van der Waals surface area contributed by atoms with E-state index in [0.29, 0.717) is 0 Å². The molecular formula is C14H18N4. The first-order valence-electron chi connectivity index (χ1n) is 6.06. The van der Waals surface area contributed by atoms with E-state index < -0.39 is 0 Å². The molecule has 4 nitrogen and oxygen atoms in total. The van der Waals surface area contributed by atoms with Crippen LogP contribution in [0, 0.1) is 6.92 Å². The van der Waals surface area contributed by atoms with Gasteiger partial charge in [-0.3, -0.25) is 11.3 Å². The molecule has 1 heterocycles. The van der Waals surface area contributed by atoms with Gasteiger partial charge < -0.3 is 0 Å². The Morgan fingerprint density at radius 1 is 1.17 bits per heavy atom. The zero-order valence-electron chi connectivity index (χ0n) is 10.5. The van der Waals surface area contributed by atoms with E-state index in [9.17, 15) is 0 Å².